The summed E-state index contributed by atoms with van der Waals surface area (Å²) >= 11 is 0. The van der Waals surface area contributed by atoms with Gasteiger partial charge >= 0.3 is 0 Å². The second-order valence-electron chi connectivity index (χ2n) is 4.18. The van der Waals surface area contributed by atoms with E-state index < -0.39 is 5.82 Å². The third-order valence-electron chi connectivity index (χ3n) is 2.94. The normalized spacial score (nSPS) is 16.5. The molecule has 17 heavy (non-hydrogen) atoms. The van der Waals surface area contributed by atoms with Crippen molar-refractivity contribution < 1.29 is 9.13 Å². The van der Waals surface area contributed by atoms with Gasteiger partial charge in [0.2, 0.25) is 0 Å². The fourth-order valence-corrected chi connectivity index (χ4v) is 1.98. The van der Waals surface area contributed by atoms with E-state index in [2.05, 4.69) is 4.90 Å². The number of likely N-dealkylation sites (tertiary alicyclic amines) is 1. The number of hydrogen-bond donors (Lipinski definition) is 0. The standard InChI is InChI=1S/C13H15FN2O/c14-12-5-4-6-13(11(12)9-15)17-10-16-7-2-1-3-8-16/h4-6H,1-3,7-8,10H2. The van der Waals surface area contributed by atoms with Crippen molar-refractivity contribution in [2.75, 3.05) is 19.8 Å². The molecule has 0 radical (unpaired) electrons. The number of ether oxygens (including phenoxy) is 1. The second kappa shape index (κ2) is 5.65. The van der Waals surface area contributed by atoms with Crippen molar-refractivity contribution in [1.82, 2.24) is 4.90 Å². The van der Waals surface area contributed by atoms with Crippen LogP contribution in [0, 0.1) is 17.1 Å². The minimum absolute atomic E-state index is 0.00971. The molecule has 1 aliphatic rings. The van der Waals surface area contributed by atoms with Crippen LogP contribution in [0.4, 0.5) is 4.39 Å². The average Bonchev–Trinajstić information content (AvgIpc) is 2.37. The first-order valence-corrected chi connectivity index (χ1v) is 5.85. The van der Waals surface area contributed by atoms with Crippen molar-refractivity contribution in [3.05, 3.63) is 29.6 Å². The molecule has 2 rings (SSSR count). The largest absolute Gasteiger partial charge is 0.477 e. The van der Waals surface area contributed by atoms with Crippen LogP contribution >= 0.6 is 0 Å². The first kappa shape index (κ1) is 11.9. The van der Waals surface area contributed by atoms with Crippen LogP contribution in [0.15, 0.2) is 18.2 Å². The van der Waals surface area contributed by atoms with Gasteiger partial charge in [0.1, 0.15) is 29.9 Å². The van der Waals surface area contributed by atoms with Crippen LogP contribution in [0.25, 0.3) is 0 Å². The Labute approximate surface area is 100 Å². The van der Waals surface area contributed by atoms with E-state index in [-0.39, 0.29) is 5.56 Å². The van der Waals surface area contributed by atoms with Gasteiger partial charge in [-0.25, -0.2) is 4.39 Å². The number of piperidine rings is 1. The van der Waals surface area contributed by atoms with Gasteiger partial charge in [0.25, 0.3) is 0 Å². The Morgan fingerprint density at radius 2 is 2.06 bits per heavy atom. The summed E-state index contributed by atoms with van der Waals surface area (Å²) in [7, 11) is 0. The van der Waals surface area contributed by atoms with Crippen LogP contribution in [0.5, 0.6) is 5.75 Å². The summed E-state index contributed by atoms with van der Waals surface area (Å²) in [6, 6.07) is 6.29. The van der Waals surface area contributed by atoms with Crippen LogP contribution in [0.3, 0.4) is 0 Å². The van der Waals surface area contributed by atoms with Crippen molar-refractivity contribution in [1.29, 1.82) is 5.26 Å². The van der Waals surface area contributed by atoms with E-state index in [0.717, 1.165) is 13.1 Å². The van der Waals surface area contributed by atoms with Crippen LogP contribution in [0.2, 0.25) is 0 Å². The number of hydrogen-bond acceptors (Lipinski definition) is 3. The van der Waals surface area contributed by atoms with Crippen molar-refractivity contribution >= 4 is 0 Å². The second-order valence-corrected chi connectivity index (χ2v) is 4.18. The molecule has 1 fully saturated rings. The maximum atomic E-state index is 13.3. The fraction of sp³-hybridized carbons (Fsp3) is 0.462. The first-order valence-electron chi connectivity index (χ1n) is 5.85. The molecule has 0 aromatic heterocycles. The molecule has 1 aliphatic heterocycles. The highest BCUT2D eigenvalue weighted by molar-refractivity contribution is 5.43. The van der Waals surface area contributed by atoms with Gasteiger partial charge in [0.15, 0.2) is 0 Å². The van der Waals surface area contributed by atoms with Crippen LogP contribution < -0.4 is 4.74 Å². The molecular formula is C13H15FN2O. The van der Waals surface area contributed by atoms with E-state index in [1.807, 2.05) is 6.07 Å². The monoisotopic (exact) mass is 234 g/mol. The van der Waals surface area contributed by atoms with E-state index in [1.54, 1.807) is 12.1 Å². The average molecular weight is 234 g/mol. The molecule has 1 saturated heterocycles. The molecule has 0 saturated carbocycles. The van der Waals surface area contributed by atoms with E-state index >= 15 is 0 Å². The lowest BCUT2D eigenvalue weighted by molar-refractivity contribution is 0.106. The molecule has 0 N–H and O–H groups in total. The quantitative estimate of drug-likeness (QED) is 0.806. The topological polar surface area (TPSA) is 36.3 Å². The number of nitrogens with zero attached hydrogens (tertiary/aromatic N) is 2. The summed E-state index contributed by atoms with van der Waals surface area (Å²) in [5.41, 5.74) is -0.00971. The lowest BCUT2D eigenvalue weighted by atomic mass is 10.1. The zero-order chi connectivity index (χ0) is 12.1. The molecule has 1 heterocycles. The molecule has 0 atom stereocenters. The van der Waals surface area contributed by atoms with Gasteiger partial charge in [-0.05, 0) is 25.0 Å². The Morgan fingerprint density at radius 1 is 1.29 bits per heavy atom. The third kappa shape index (κ3) is 2.95. The summed E-state index contributed by atoms with van der Waals surface area (Å²) in [4.78, 5) is 2.18. The summed E-state index contributed by atoms with van der Waals surface area (Å²) < 4.78 is 18.8. The lowest BCUT2D eigenvalue weighted by Crippen LogP contribution is -2.33. The smallest absolute Gasteiger partial charge is 0.144 e. The summed E-state index contributed by atoms with van der Waals surface area (Å²) in [5.74, 6) is -0.193. The molecule has 0 bridgehead atoms. The van der Waals surface area contributed by atoms with E-state index in [9.17, 15) is 4.39 Å². The first-order chi connectivity index (χ1) is 8.31. The minimum atomic E-state index is -0.524. The Hall–Kier alpha value is -1.60. The Balaban J connectivity index is 1.99. The third-order valence-corrected chi connectivity index (χ3v) is 2.94. The molecule has 1 aromatic rings. The highest BCUT2D eigenvalue weighted by Gasteiger charge is 2.13. The predicted octanol–water partition coefficient (Wildman–Crippen LogP) is 2.52. The highest BCUT2D eigenvalue weighted by atomic mass is 19.1. The fourth-order valence-electron chi connectivity index (χ4n) is 1.98. The Bertz CT molecular complexity index is 422. The zero-order valence-corrected chi connectivity index (χ0v) is 9.66. The van der Waals surface area contributed by atoms with Crippen LogP contribution in [-0.2, 0) is 0 Å². The minimum Gasteiger partial charge on any atom is -0.477 e. The Kier molecular flexibility index (Phi) is 3.94. The number of benzene rings is 1. The number of nitriles is 1. The van der Waals surface area contributed by atoms with Gasteiger partial charge in [0, 0.05) is 13.1 Å². The van der Waals surface area contributed by atoms with Crippen LogP contribution in [0.1, 0.15) is 24.8 Å². The zero-order valence-electron chi connectivity index (χ0n) is 9.66. The van der Waals surface area contributed by atoms with Gasteiger partial charge in [-0.15, -0.1) is 0 Å². The van der Waals surface area contributed by atoms with Gasteiger partial charge in [-0.2, -0.15) is 5.26 Å². The predicted molar refractivity (Wildman–Crippen MR) is 62.0 cm³/mol. The summed E-state index contributed by atoms with van der Waals surface area (Å²) in [6.45, 7) is 2.45. The molecule has 0 spiro atoms. The molecule has 0 unspecified atom stereocenters. The van der Waals surface area contributed by atoms with Gasteiger partial charge in [-0.3, -0.25) is 4.90 Å². The SMILES string of the molecule is N#Cc1c(F)cccc1OCN1CCCCC1. The maximum absolute atomic E-state index is 13.3. The van der Waals surface area contributed by atoms with Gasteiger partial charge < -0.3 is 4.74 Å². The summed E-state index contributed by atoms with van der Waals surface area (Å²) in [5, 5.41) is 8.85. The molecule has 0 amide bonds. The van der Waals surface area contributed by atoms with E-state index in [4.69, 9.17) is 10.00 Å². The molecule has 0 aliphatic carbocycles. The molecular weight excluding hydrogens is 219 g/mol. The lowest BCUT2D eigenvalue weighted by Gasteiger charge is -2.26. The Morgan fingerprint density at radius 3 is 2.76 bits per heavy atom. The van der Waals surface area contributed by atoms with Crippen molar-refractivity contribution in [2.45, 2.75) is 19.3 Å². The van der Waals surface area contributed by atoms with Crippen LogP contribution in [-0.4, -0.2) is 24.7 Å². The number of halogens is 1. The van der Waals surface area contributed by atoms with Gasteiger partial charge in [0.05, 0.1) is 0 Å². The van der Waals surface area contributed by atoms with Crippen molar-refractivity contribution in [3.8, 4) is 11.8 Å². The van der Waals surface area contributed by atoms with Gasteiger partial charge in [-0.1, -0.05) is 12.5 Å². The van der Waals surface area contributed by atoms with E-state index in [0.29, 0.717) is 12.5 Å². The molecule has 1 aromatic carbocycles. The number of rotatable bonds is 3. The highest BCUT2D eigenvalue weighted by Crippen LogP contribution is 2.21. The van der Waals surface area contributed by atoms with E-state index in [1.165, 1.54) is 25.3 Å². The maximum Gasteiger partial charge on any atom is 0.144 e. The molecule has 90 valence electrons. The van der Waals surface area contributed by atoms with Crippen molar-refractivity contribution in [2.24, 2.45) is 0 Å². The molecule has 4 heteroatoms. The van der Waals surface area contributed by atoms with Crippen molar-refractivity contribution in [3.63, 3.8) is 0 Å². The summed E-state index contributed by atoms with van der Waals surface area (Å²) in [6.07, 6.45) is 3.62. The molecule has 3 nitrogen and oxygen atoms in total.